The van der Waals surface area contributed by atoms with Gasteiger partial charge in [0, 0.05) is 52.4 Å². The Kier molecular flexibility index (Phi) is 8.33. The molecule has 12 heteroatoms. The van der Waals surface area contributed by atoms with Crippen molar-refractivity contribution >= 4 is 17.4 Å². The molecule has 2 saturated heterocycles. The van der Waals surface area contributed by atoms with Crippen LogP contribution in [0.5, 0.6) is 0 Å². The van der Waals surface area contributed by atoms with Crippen molar-refractivity contribution in [2.75, 3.05) is 69.2 Å². The Labute approximate surface area is 188 Å². The fourth-order valence-electron chi connectivity index (χ4n) is 3.99. The van der Waals surface area contributed by atoms with Gasteiger partial charge in [-0.25, -0.2) is 4.79 Å². The largest absolute Gasteiger partial charge is 0.416 e. The third kappa shape index (κ3) is 7.66. The monoisotopic (exact) mass is 482 g/mol. The molecule has 1 aromatic rings. The van der Waals surface area contributed by atoms with Crippen LogP contribution in [-0.2, 0) is 10.9 Å². The zero-order valence-electron chi connectivity index (χ0n) is 18.1. The van der Waals surface area contributed by atoms with Gasteiger partial charge in [0.2, 0.25) is 0 Å². The van der Waals surface area contributed by atoms with E-state index in [1.165, 1.54) is 11.0 Å². The number of amides is 2. The van der Waals surface area contributed by atoms with Crippen molar-refractivity contribution in [2.24, 2.45) is 0 Å². The van der Waals surface area contributed by atoms with Crippen LogP contribution < -0.4 is 10.2 Å². The fraction of sp³-hybridized carbons (Fsp3) is 0.667. The quantitative estimate of drug-likeness (QED) is 0.462. The molecule has 6 nitrogen and oxygen atoms in total. The fourth-order valence-corrected chi connectivity index (χ4v) is 3.99. The highest BCUT2D eigenvalue weighted by atomic mass is 19.4. The average Bonchev–Trinajstić information content (AvgIpc) is 3.27. The van der Waals surface area contributed by atoms with Crippen molar-refractivity contribution in [3.8, 4) is 0 Å². The Hall–Kier alpha value is -2.21. The first-order valence-corrected chi connectivity index (χ1v) is 10.9. The van der Waals surface area contributed by atoms with E-state index in [2.05, 4.69) is 10.1 Å². The molecule has 2 fully saturated rings. The van der Waals surface area contributed by atoms with Gasteiger partial charge >= 0.3 is 18.4 Å². The average molecular weight is 482 g/mol. The second-order valence-corrected chi connectivity index (χ2v) is 8.20. The van der Waals surface area contributed by atoms with Crippen molar-refractivity contribution in [1.29, 1.82) is 0 Å². The van der Waals surface area contributed by atoms with Crippen molar-refractivity contribution < 1.29 is 35.9 Å². The van der Waals surface area contributed by atoms with Crippen molar-refractivity contribution in [3.05, 3.63) is 23.8 Å². The van der Waals surface area contributed by atoms with Gasteiger partial charge in [-0.1, -0.05) is 0 Å². The molecule has 0 aromatic heterocycles. The summed E-state index contributed by atoms with van der Waals surface area (Å²) in [5.74, 6) is 0. The summed E-state index contributed by atoms with van der Waals surface area (Å²) in [5.41, 5.74) is -0.106. The van der Waals surface area contributed by atoms with Crippen molar-refractivity contribution in [2.45, 2.75) is 31.6 Å². The Morgan fingerprint density at radius 3 is 2.24 bits per heavy atom. The number of ether oxygens (including phenoxy) is 1. The lowest BCUT2D eigenvalue weighted by molar-refractivity contribution is -0.174. The van der Waals surface area contributed by atoms with E-state index in [0.29, 0.717) is 44.8 Å². The van der Waals surface area contributed by atoms with Gasteiger partial charge in [-0.15, -0.1) is 0 Å². The van der Waals surface area contributed by atoms with E-state index in [1.807, 2.05) is 9.80 Å². The van der Waals surface area contributed by atoms with Gasteiger partial charge in [0.15, 0.2) is 0 Å². The van der Waals surface area contributed by atoms with Gasteiger partial charge in [-0.2, -0.15) is 26.3 Å². The molecule has 1 N–H and O–H groups in total. The van der Waals surface area contributed by atoms with Crippen molar-refractivity contribution in [1.82, 2.24) is 9.80 Å². The highest BCUT2D eigenvalue weighted by Gasteiger charge is 2.32. The first-order chi connectivity index (χ1) is 15.5. The summed E-state index contributed by atoms with van der Waals surface area (Å²) in [6.07, 6.45) is -6.54. The van der Waals surface area contributed by atoms with E-state index in [1.54, 1.807) is 0 Å². The van der Waals surface area contributed by atoms with Gasteiger partial charge in [-0.3, -0.25) is 4.90 Å². The number of benzene rings is 1. The van der Waals surface area contributed by atoms with Crippen LogP contribution in [-0.4, -0.2) is 81.0 Å². The maximum Gasteiger partial charge on any atom is 0.416 e. The first kappa shape index (κ1) is 25.4. The summed E-state index contributed by atoms with van der Waals surface area (Å²) in [6, 6.07) is 2.94. The van der Waals surface area contributed by atoms with Crippen LogP contribution in [0.4, 0.5) is 42.5 Å². The second kappa shape index (κ2) is 10.8. The molecule has 0 radical (unpaired) electrons. The number of nitrogens with zero attached hydrogens (tertiary/aromatic N) is 3. The molecule has 2 amide bonds. The van der Waals surface area contributed by atoms with Crippen LogP contribution in [0.25, 0.3) is 0 Å². The molecule has 0 bridgehead atoms. The lowest BCUT2D eigenvalue weighted by atomic mass is 10.1. The van der Waals surface area contributed by atoms with E-state index >= 15 is 0 Å². The lowest BCUT2D eigenvalue weighted by Crippen LogP contribution is -2.50. The van der Waals surface area contributed by atoms with Crippen LogP contribution >= 0.6 is 0 Å². The van der Waals surface area contributed by atoms with Gasteiger partial charge < -0.3 is 19.9 Å². The number of anilines is 2. The summed E-state index contributed by atoms with van der Waals surface area (Å²) < 4.78 is 80.4. The molecule has 1 aromatic carbocycles. The van der Waals surface area contributed by atoms with Crippen LogP contribution in [0, 0.1) is 0 Å². The second-order valence-electron chi connectivity index (χ2n) is 8.20. The maximum atomic E-state index is 13.2. The number of nitrogens with one attached hydrogen (secondary N) is 1. The van der Waals surface area contributed by atoms with Gasteiger partial charge in [0.1, 0.15) is 6.61 Å². The number of alkyl halides is 6. The highest BCUT2D eigenvalue weighted by Crippen LogP contribution is 2.36. The Bertz CT molecular complexity index is 788. The molecular formula is C21H28F6N4O2. The smallest absolute Gasteiger partial charge is 0.372 e. The summed E-state index contributed by atoms with van der Waals surface area (Å²) in [5, 5.41) is 2.66. The Balaban J connectivity index is 1.52. The lowest BCUT2D eigenvalue weighted by Gasteiger charge is -2.35. The van der Waals surface area contributed by atoms with E-state index in [-0.39, 0.29) is 12.3 Å². The van der Waals surface area contributed by atoms with Crippen LogP contribution in [0.3, 0.4) is 0 Å². The minimum Gasteiger partial charge on any atom is -0.372 e. The van der Waals surface area contributed by atoms with Crippen molar-refractivity contribution in [3.63, 3.8) is 0 Å². The predicted octanol–water partition coefficient (Wildman–Crippen LogP) is 4.42. The number of piperazine rings is 1. The Morgan fingerprint density at radius 2 is 1.64 bits per heavy atom. The zero-order chi connectivity index (χ0) is 24.1. The summed E-state index contributed by atoms with van der Waals surface area (Å²) in [6.45, 7) is 2.49. The normalized spacial score (nSPS) is 18.1. The molecule has 2 aliphatic heterocycles. The molecule has 0 atom stereocenters. The van der Waals surface area contributed by atoms with Crippen LogP contribution in [0.1, 0.15) is 24.8 Å². The molecule has 0 unspecified atom stereocenters. The van der Waals surface area contributed by atoms with Crippen LogP contribution in [0.2, 0.25) is 0 Å². The van der Waals surface area contributed by atoms with E-state index in [9.17, 15) is 31.1 Å². The third-order valence-corrected chi connectivity index (χ3v) is 5.70. The Morgan fingerprint density at radius 1 is 0.970 bits per heavy atom. The summed E-state index contributed by atoms with van der Waals surface area (Å²) in [7, 11) is 0. The zero-order valence-corrected chi connectivity index (χ0v) is 18.1. The first-order valence-electron chi connectivity index (χ1n) is 10.9. The number of hydrogen-bond donors (Lipinski definition) is 1. The number of rotatable bonds is 7. The maximum absolute atomic E-state index is 13.2. The van der Waals surface area contributed by atoms with E-state index in [4.69, 9.17) is 0 Å². The topological polar surface area (TPSA) is 48.1 Å². The molecule has 3 rings (SSSR count). The number of hydrogen-bond acceptors (Lipinski definition) is 4. The van der Waals surface area contributed by atoms with E-state index < -0.39 is 30.6 Å². The SMILES string of the molecule is O=C(Nc1cc(C(F)(F)F)ccc1N1CCCC1)N1CCN(CCCOCC(F)(F)F)CC1. The standard InChI is InChI=1S/C21H28F6N4O2/c22-20(23,24)15-33-13-3-6-29-9-11-31(12-10-29)19(32)28-17-14-16(21(25,26)27)4-5-18(17)30-7-1-2-8-30/h4-5,14H,1-3,6-13,15H2,(H,28,32). The minimum absolute atomic E-state index is 0.00493. The van der Waals surface area contributed by atoms with Gasteiger partial charge in [0.25, 0.3) is 0 Å². The molecule has 33 heavy (non-hydrogen) atoms. The molecular weight excluding hydrogens is 454 g/mol. The minimum atomic E-state index is -4.52. The highest BCUT2D eigenvalue weighted by molar-refractivity contribution is 5.93. The number of urea groups is 1. The molecule has 2 aliphatic rings. The van der Waals surface area contributed by atoms with Gasteiger partial charge in [-0.05, 0) is 37.5 Å². The molecule has 0 spiro atoms. The molecule has 186 valence electrons. The number of carbonyl (C=O) groups is 1. The summed E-state index contributed by atoms with van der Waals surface area (Å²) in [4.78, 5) is 18.3. The summed E-state index contributed by atoms with van der Waals surface area (Å²) >= 11 is 0. The number of halogens is 6. The molecule has 0 saturated carbocycles. The number of carbonyl (C=O) groups excluding carboxylic acids is 1. The predicted molar refractivity (Wildman–Crippen MR) is 111 cm³/mol. The van der Waals surface area contributed by atoms with Crippen LogP contribution in [0.15, 0.2) is 18.2 Å². The molecule has 2 heterocycles. The third-order valence-electron chi connectivity index (χ3n) is 5.70. The van der Waals surface area contributed by atoms with Gasteiger partial charge in [0.05, 0.1) is 16.9 Å². The van der Waals surface area contributed by atoms with E-state index in [0.717, 1.165) is 38.1 Å². The molecule has 0 aliphatic carbocycles.